The first kappa shape index (κ1) is 5.10. The van der Waals surface area contributed by atoms with Crippen molar-refractivity contribution < 1.29 is 0 Å². The van der Waals surface area contributed by atoms with Gasteiger partial charge in [-0.15, -0.1) is 0 Å². The molecule has 0 heterocycles. The van der Waals surface area contributed by atoms with Crippen molar-refractivity contribution >= 4 is 0 Å². The maximum absolute atomic E-state index is 5.59. The van der Waals surface area contributed by atoms with Crippen LogP contribution in [0.4, 0.5) is 0 Å². The normalized spacial score (nSPS) is 45.9. The minimum Gasteiger partial charge on any atom is -0.399 e. The van der Waals surface area contributed by atoms with Gasteiger partial charge in [-0.3, -0.25) is 0 Å². The van der Waals surface area contributed by atoms with Crippen LogP contribution in [0.2, 0.25) is 0 Å². The van der Waals surface area contributed by atoms with Gasteiger partial charge >= 0.3 is 0 Å². The zero-order chi connectivity index (χ0) is 6.43. The Balaban J connectivity index is 2.24. The largest absolute Gasteiger partial charge is 0.399 e. The second-order valence-corrected chi connectivity index (χ2v) is 3.04. The molecule has 3 atom stereocenters. The fourth-order valence-corrected chi connectivity index (χ4v) is 1.59. The molecule has 0 saturated heterocycles. The van der Waals surface area contributed by atoms with Gasteiger partial charge in [-0.25, -0.2) is 0 Å². The summed E-state index contributed by atoms with van der Waals surface area (Å²) in [4.78, 5) is 0. The summed E-state index contributed by atoms with van der Waals surface area (Å²) in [6.45, 7) is 2.27. The van der Waals surface area contributed by atoms with E-state index in [0.29, 0.717) is 0 Å². The smallest absolute Gasteiger partial charge is 0.0273 e. The molecule has 0 aromatic heterocycles. The Morgan fingerprint density at radius 3 is 2.78 bits per heavy atom. The molecule has 2 aliphatic carbocycles. The highest BCUT2D eigenvalue weighted by Crippen LogP contribution is 2.49. The van der Waals surface area contributed by atoms with Crippen LogP contribution in [0.25, 0.3) is 0 Å². The quantitative estimate of drug-likeness (QED) is 0.513. The first-order valence-electron chi connectivity index (χ1n) is 3.44. The number of nitrogens with two attached hydrogens (primary N) is 1. The number of hydrogen-bond donors (Lipinski definition) is 1. The van der Waals surface area contributed by atoms with E-state index in [1.165, 1.54) is 0 Å². The van der Waals surface area contributed by atoms with E-state index >= 15 is 0 Å². The molecule has 1 saturated carbocycles. The van der Waals surface area contributed by atoms with Crippen molar-refractivity contribution in [2.45, 2.75) is 6.92 Å². The van der Waals surface area contributed by atoms with E-state index in [-0.39, 0.29) is 0 Å². The summed E-state index contributed by atoms with van der Waals surface area (Å²) in [6, 6.07) is 0. The molecule has 1 heteroatoms. The highest BCUT2D eigenvalue weighted by Gasteiger charge is 2.44. The third kappa shape index (κ3) is 0.607. The zero-order valence-electron chi connectivity index (χ0n) is 5.54. The van der Waals surface area contributed by atoms with Gasteiger partial charge < -0.3 is 5.73 Å². The van der Waals surface area contributed by atoms with Crippen molar-refractivity contribution in [1.82, 2.24) is 0 Å². The fourth-order valence-electron chi connectivity index (χ4n) is 1.59. The van der Waals surface area contributed by atoms with E-state index in [0.717, 1.165) is 23.5 Å². The number of hydrogen-bond acceptors (Lipinski definition) is 1. The van der Waals surface area contributed by atoms with Gasteiger partial charge in [0, 0.05) is 5.70 Å². The lowest BCUT2D eigenvalue weighted by molar-refractivity contribution is 0.884. The summed E-state index contributed by atoms with van der Waals surface area (Å²) in [5.41, 5.74) is 6.53. The van der Waals surface area contributed by atoms with E-state index in [4.69, 9.17) is 5.73 Å². The number of rotatable bonds is 0. The molecule has 0 bridgehead atoms. The summed E-state index contributed by atoms with van der Waals surface area (Å²) >= 11 is 0. The predicted octanol–water partition coefficient (Wildman–Crippen LogP) is 1.28. The van der Waals surface area contributed by atoms with E-state index in [9.17, 15) is 0 Å². The Morgan fingerprint density at radius 1 is 1.44 bits per heavy atom. The van der Waals surface area contributed by atoms with Crippen molar-refractivity contribution in [1.29, 1.82) is 0 Å². The Kier molecular flexibility index (Phi) is 0.797. The molecule has 2 N–H and O–H groups in total. The van der Waals surface area contributed by atoms with Crippen molar-refractivity contribution in [2.75, 3.05) is 0 Å². The first-order chi connectivity index (χ1) is 4.29. The first-order valence-corrected chi connectivity index (χ1v) is 3.44. The van der Waals surface area contributed by atoms with E-state index in [2.05, 4.69) is 19.1 Å². The van der Waals surface area contributed by atoms with Crippen LogP contribution < -0.4 is 5.73 Å². The highest BCUT2D eigenvalue weighted by atomic mass is 14.6. The predicted molar refractivity (Wildman–Crippen MR) is 37.6 cm³/mol. The van der Waals surface area contributed by atoms with Gasteiger partial charge in [0.1, 0.15) is 0 Å². The van der Waals surface area contributed by atoms with Crippen LogP contribution in [-0.2, 0) is 0 Å². The lowest BCUT2D eigenvalue weighted by Gasteiger charge is -1.96. The summed E-state index contributed by atoms with van der Waals surface area (Å²) in [5, 5.41) is 0. The topological polar surface area (TPSA) is 26.0 Å². The molecule has 2 rings (SSSR count). The van der Waals surface area contributed by atoms with E-state index in [1.807, 2.05) is 6.08 Å². The monoisotopic (exact) mass is 121 g/mol. The van der Waals surface area contributed by atoms with Crippen molar-refractivity contribution in [3.05, 3.63) is 23.9 Å². The lowest BCUT2D eigenvalue weighted by Crippen LogP contribution is -1.96. The van der Waals surface area contributed by atoms with Gasteiger partial charge in [-0.1, -0.05) is 19.1 Å². The maximum Gasteiger partial charge on any atom is 0.0273 e. The molecular formula is C8H11N. The molecule has 48 valence electrons. The average Bonchev–Trinajstić information content (AvgIpc) is 2.43. The second-order valence-electron chi connectivity index (χ2n) is 3.04. The standard InChI is InChI=1S/C8H11N/c1-5-7-3-2-6(9)4-8(5)7/h2-5,7-8H,9H2,1H3. The lowest BCUT2D eigenvalue weighted by atomic mass is 10.2. The maximum atomic E-state index is 5.59. The zero-order valence-corrected chi connectivity index (χ0v) is 5.54. The number of fused-ring (bicyclic) bond motifs is 1. The van der Waals surface area contributed by atoms with Gasteiger partial charge in [0.05, 0.1) is 0 Å². The van der Waals surface area contributed by atoms with Crippen LogP contribution in [0.5, 0.6) is 0 Å². The molecule has 0 aromatic rings. The van der Waals surface area contributed by atoms with Crippen molar-refractivity contribution in [2.24, 2.45) is 23.5 Å². The van der Waals surface area contributed by atoms with Crippen LogP contribution in [0.3, 0.4) is 0 Å². The Hall–Kier alpha value is -0.720. The third-order valence-electron chi connectivity index (χ3n) is 2.41. The molecule has 0 amide bonds. The Morgan fingerprint density at radius 2 is 2.22 bits per heavy atom. The Bertz CT molecular complexity index is 191. The van der Waals surface area contributed by atoms with Crippen LogP contribution in [0, 0.1) is 17.8 Å². The van der Waals surface area contributed by atoms with E-state index in [1.54, 1.807) is 0 Å². The fraction of sp³-hybridized carbons (Fsp3) is 0.500. The summed E-state index contributed by atoms with van der Waals surface area (Å²) in [5.74, 6) is 2.44. The molecule has 3 unspecified atom stereocenters. The summed E-state index contributed by atoms with van der Waals surface area (Å²) in [7, 11) is 0. The van der Waals surface area contributed by atoms with Gasteiger partial charge in [0.15, 0.2) is 0 Å². The summed E-state index contributed by atoms with van der Waals surface area (Å²) in [6.07, 6.45) is 6.42. The minimum atomic E-state index is 0.773. The SMILES string of the molecule is CC1C2C=CC(N)=CC12. The molecule has 0 aromatic carbocycles. The van der Waals surface area contributed by atoms with Crippen LogP contribution in [-0.4, -0.2) is 0 Å². The highest BCUT2D eigenvalue weighted by molar-refractivity contribution is 5.30. The van der Waals surface area contributed by atoms with Gasteiger partial charge in [0.25, 0.3) is 0 Å². The van der Waals surface area contributed by atoms with Crippen LogP contribution in [0.1, 0.15) is 6.92 Å². The van der Waals surface area contributed by atoms with Gasteiger partial charge in [-0.05, 0) is 23.8 Å². The van der Waals surface area contributed by atoms with Crippen LogP contribution >= 0.6 is 0 Å². The second kappa shape index (κ2) is 1.41. The summed E-state index contributed by atoms with van der Waals surface area (Å²) < 4.78 is 0. The average molecular weight is 121 g/mol. The molecule has 0 aliphatic heterocycles. The molecule has 0 radical (unpaired) electrons. The molecule has 9 heavy (non-hydrogen) atoms. The van der Waals surface area contributed by atoms with Crippen molar-refractivity contribution in [3.8, 4) is 0 Å². The molecule has 2 aliphatic rings. The molecule has 1 fully saturated rings. The van der Waals surface area contributed by atoms with E-state index < -0.39 is 0 Å². The van der Waals surface area contributed by atoms with Crippen molar-refractivity contribution in [3.63, 3.8) is 0 Å². The van der Waals surface area contributed by atoms with Gasteiger partial charge in [0.2, 0.25) is 0 Å². The minimum absolute atomic E-state index is 0.773. The van der Waals surface area contributed by atoms with Crippen LogP contribution in [0.15, 0.2) is 23.9 Å². The molecule has 0 spiro atoms. The Labute approximate surface area is 55.2 Å². The van der Waals surface area contributed by atoms with Gasteiger partial charge in [-0.2, -0.15) is 0 Å². The molecular weight excluding hydrogens is 110 g/mol. The molecule has 1 nitrogen and oxygen atoms in total. The third-order valence-corrected chi connectivity index (χ3v) is 2.41. The number of allylic oxidation sites excluding steroid dienone is 3.